The normalized spacial score (nSPS) is 15.9. The summed E-state index contributed by atoms with van der Waals surface area (Å²) >= 11 is 0. The summed E-state index contributed by atoms with van der Waals surface area (Å²) < 4.78 is 37.3. The van der Waals surface area contributed by atoms with E-state index in [2.05, 4.69) is 10.3 Å². The summed E-state index contributed by atoms with van der Waals surface area (Å²) in [5.41, 5.74) is 5.95. The maximum absolute atomic E-state index is 12.4. The topological polar surface area (TPSA) is 50.4 Å². The molecule has 0 bridgehead atoms. The number of alkyl halides is 3. The van der Waals surface area contributed by atoms with Crippen LogP contribution in [0.5, 0.6) is 0 Å². The lowest BCUT2D eigenvalue weighted by Crippen LogP contribution is -2.34. The highest BCUT2D eigenvalue weighted by molar-refractivity contribution is 14.0. The molecule has 0 heterocycles. The van der Waals surface area contributed by atoms with Gasteiger partial charge in [0.2, 0.25) is 0 Å². The number of guanidine groups is 1. The Morgan fingerprint density at radius 3 is 2.36 bits per heavy atom. The second-order valence-electron chi connectivity index (χ2n) is 5.39. The number of rotatable bonds is 5. The highest BCUT2D eigenvalue weighted by atomic mass is 127. The lowest BCUT2D eigenvalue weighted by molar-refractivity contribution is -0.137. The van der Waals surface area contributed by atoms with E-state index >= 15 is 0 Å². The molecule has 3 N–H and O–H groups in total. The Bertz CT molecular complexity index is 482. The predicted octanol–water partition coefficient (Wildman–Crippen LogP) is 3.57. The fourth-order valence-electron chi connectivity index (χ4n) is 2.15. The standard InChI is InChI=1S/C15H20F3N3.HI/c16-15(17,18)13-6-4-11(5-7-13)8-9-20-14(19)21-10-12-2-1-3-12;/h4-7,12H,1-3,8-10H2,(H3,19,20,21);1H. The molecule has 0 atom stereocenters. The van der Waals surface area contributed by atoms with Crippen LogP contribution in [0.15, 0.2) is 29.3 Å². The third kappa shape index (κ3) is 6.02. The van der Waals surface area contributed by atoms with Crippen molar-refractivity contribution in [2.24, 2.45) is 16.6 Å². The van der Waals surface area contributed by atoms with Gasteiger partial charge in [-0.2, -0.15) is 13.2 Å². The smallest absolute Gasteiger partial charge is 0.370 e. The van der Waals surface area contributed by atoms with Gasteiger partial charge in [0.25, 0.3) is 0 Å². The van der Waals surface area contributed by atoms with Gasteiger partial charge in [0, 0.05) is 13.1 Å². The zero-order chi connectivity index (χ0) is 15.3. The molecule has 7 heteroatoms. The van der Waals surface area contributed by atoms with Crippen LogP contribution in [0.2, 0.25) is 0 Å². The van der Waals surface area contributed by atoms with Gasteiger partial charge in [-0.05, 0) is 42.9 Å². The molecule has 1 aliphatic carbocycles. The van der Waals surface area contributed by atoms with Gasteiger partial charge < -0.3 is 11.1 Å². The van der Waals surface area contributed by atoms with E-state index in [0.717, 1.165) is 24.2 Å². The van der Waals surface area contributed by atoms with Crippen molar-refractivity contribution in [2.45, 2.75) is 31.9 Å². The number of nitrogens with zero attached hydrogens (tertiary/aromatic N) is 1. The second-order valence-corrected chi connectivity index (χ2v) is 5.39. The zero-order valence-electron chi connectivity index (χ0n) is 12.2. The van der Waals surface area contributed by atoms with Crippen molar-refractivity contribution in [1.29, 1.82) is 0 Å². The van der Waals surface area contributed by atoms with E-state index in [0.29, 0.717) is 24.8 Å². The van der Waals surface area contributed by atoms with E-state index in [1.54, 1.807) is 0 Å². The second kappa shape index (κ2) is 8.59. The highest BCUT2D eigenvalue weighted by Crippen LogP contribution is 2.29. The largest absolute Gasteiger partial charge is 0.416 e. The van der Waals surface area contributed by atoms with Gasteiger partial charge in [-0.3, -0.25) is 4.99 Å². The molecule has 1 aliphatic rings. The number of nitrogens with two attached hydrogens (primary N) is 1. The van der Waals surface area contributed by atoms with Gasteiger partial charge in [0.1, 0.15) is 0 Å². The van der Waals surface area contributed by atoms with Crippen LogP contribution in [-0.4, -0.2) is 19.0 Å². The minimum Gasteiger partial charge on any atom is -0.370 e. The molecule has 0 amide bonds. The molecular weight excluding hydrogens is 406 g/mol. The molecule has 0 radical (unpaired) electrons. The molecule has 0 spiro atoms. The molecule has 2 rings (SSSR count). The van der Waals surface area contributed by atoms with E-state index in [1.807, 2.05) is 0 Å². The van der Waals surface area contributed by atoms with Gasteiger partial charge in [0.15, 0.2) is 5.96 Å². The number of benzene rings is 1. The monoisotopic (exact) mass is 427 g/mol. The van der Waals surface area contributed by atoms with Crippen molar-refractivity contribution in [3.05, 3.63) is 35.4 Å². The van der Waals surface area contributed by atoms with E-state index in [1.165, 1.54) is 31.4 Å². The molecule has 22 heavy (non-hydrogen) atoms. The molecule has 0 aliphatic heterocycles. The lowest BCUT2D eigenvalue weighted by Gasteiger charge is -2.23. The first-order chi connectivity index (χ1) is 9.95. The summed E-state index contributed by atoms with van der Waals surface area (Å²) in [6.45, 7) is 1.32. The van der Waals surface area contributed by atoms with Crippen LogP contribution >= 0.6 is 24.0 Å². The van der Waals surface area contributed by atoms with Gasteiger partial charge in [-0.1, -0.05) is 18.6 Å². The van der Waals surface area contributed by atoms with Crippen molar-refractivity contribution < 1.29 is 13.2 Å². The Balaban J connectivity index is 0.00000242. The fourth-order valence-corrected chi connectivity index (χ4v) is 2.15. The van der Waals surface area contributed by atoms with Crippen LogP contribution in [-0.2, 0) is 12.6 Å². The van der Waals surface area contributed by atoms with Crippen LogP contribution in [0.4, 0.5) is 13.2 Å². The first-order valence-corrected chi connectivity index (χ1v) is 7.15. The van der Waals surface area contributed by atoms with Gasteiger partial charge in [-0.25, -0.2) is 0 Å². The minimum atomic E-state index is -4.28. The lowest BCUT2D eigenvalue weighted by atomic mass is 9.86. The van der Waals surface area contributed by atoms with Crippen LogP contribution < -0.4 is 11.1 Å². The van der Waals surface area contributed by atoms with Crippen molar-refractivity contribution in [3.63, 3.8) is 0 Å². The summed E-state index contributed by atoms with van der Waals surface area (Å²) in [6, 6.07) is 5.19. The third-order valence-electron chi connectivity index (χ3n) is 3.75. The van der Waals surface area contributed by atoms with Crippen molar-refractivity contribution in [1.82, 2.24) is 5.32 Å². The Morgan fingerprint density at radius 2 is 1.86 bits per heavy atom. The number of aliphatic imine (C=N–C) groups is 1. The molecule has 124 valence electrons. The number of hydrogen-bond donors (Lipinski definition) is 2. The van der Waals surface area contributed by atoms with Crippen LogP contribution in [0, 0.1) is 5.92 Å². The third-order valence-corrected chi connectivity index (χ3v) is 3.75. The number of hydrogen-bond acceptors (Lipinski definition) is 1. The average Bonchev–Trinajstić information content (AvgIpc) is 2.36. The molecular formula is C15H21F3IN3. The predicted molar refractivity (Wildman–Crippen MR) is 92.4 cm³/mol. The Labute approximate surface area is 145 Å². The quantitative estimate of drug-likeness (QED) is 0.429. The van der Waals surface area contributed by atoms with Crippen LogP contribution in [0.1, 0.15) is 30.4 Å². The Kier molecular flexibility index (Phi) is 7.44. The molecule has 0 unspecified atom stereocenters. The molecule has 1 aromatic rings. The number of halogens is 4. The van der Waals surface area contributed by atoms with E-state index < -0.39 is 11.7 Å². The molecule has 0 saturated heterocycles. The van der Waals surface area contributed by atoms with Crippen molar-refractivity contribution >= 4 is 29.9 Å². The first-order valence-electron chi connectivity index (χ1n) is 7.15. The molecule has 0 aromatic heterocycles. The SMILES string of the molecule is I.NC(=NCC1CCC1)NCCc1ccc(C(F)(F)F)cc1. The van der Waals surface area contributed by atoms with E-state index in [-0.39, 0.29) is 24.0 Å². The van der Waals surface area contributed by atoms with E-state index in [4.69, 9.17) is 5.73 Å². The maximum atomic E-state index is 12.4. The van der Waals surface area contributed by atoms with Gasteiger partial charge in [0.05, 0.1) is 5.56 Å². The molecule has 1 saturated carbocycles. The molecule has 3 nitrogen and oxygen atoms in total. The summed E-state index contributed by atoms with van der Waals surface area (Å²) in [5, 5.41) is 2.99. The maximum Gasteiger partial charge on any atom is 0.416 e. The van der Waals surface area contributed by atoms with E-state index in [9.17, 15) is 13.2 Å². The van der Waals surface area contributed by atoms with Crippen molar-refractivity contribution in [2.75, 3.05) is 13.1 Å². The minimum absolute atomic E-state index is 0. The summed E-state index contributed by atoms with van der Waals surface area (Å²) in [5.74, 6) is 1.08. The first kappa shape index (κ1) is 19.1. The highest BCUT2D eigenvalue weighted by Gasteiger charge is 2.29. The fraction of sp³-hybridized carbons (Fsp3) is 0.533. The summed E-state index contributed by atoms with van der Waals surface area (Å²) in [6.07, 6.45) is 0.0548. The number of nitrogens with one attached hydrogen (secondary N) is 1. The molecule has 1 aromatic carbocycles. The summed E-state index contributed by atoms with van der Waals surface area (Å²) in [7, 11) is 0. The van der Waals surface area contributed by atoms with Crippen molar-refractivity contribution in [3.8, 4) is 0 Å². The average molecular weight is 427 g/mol. The van der Waals surface area contributed by atoms with Gasteiger partial charge >= 0.3 is 6.18 Å². The van der Waals surface area contributed by atoms with Gasteiger partial charge in [-0.15, -0.1) is 24.0 Å². The molecule has 1 fully saturated rings. The summed E-state index contributed by atoms with van der Waals surface area (Å²) in [4.78, 5) is 4.26. The van der Waals surface area contributed by atoms with Crippen LogP contribution in [0.25, 0.3) is 0 Å². The Morgan fingerprint density at radius 1 is 1.23 bits per heavy atom. The Hall–Kier alpha value is -0.990. The van der Waals surface area contributed by atoms with Crippen LogP contribution in [0.3, 0.4) is 0 Å². The zero-order valence-corrected chi connectivity index (χ0v) is 14.5.